The molecule has 0 saturated carbocycles. The number of aliphatic hydroxyl groups is 2. The lowest BCUT2D eigenvalue weighted by atomic mass is 10.1. The number of aliphatic hydroxyl groups excluding tert-OH is 2. The molecule has 0 atom stereocenters. The van der Waals surface area contributed by atoms with Gasteiger partial charge in [-0.15, -0.1) is 0 Å². The van der Waals surface area contributed by atoms with Crippen LogP contribution in [-0.2, 0) is 0 Å². The maximum Gasteiger partial charge on any atom is 0.0662 e. The second kappa shape index (κ2) is 14.2. The summed E-state index contributed by atoms with van der Waals surface area (Å²) < 4.78 is 0. The van der Waals surface area contributed by atoms with Crippen molar-refractivity contribution >= 4 is 0 Å². The van der Waals surface area contributed by atoms with E-state index in [2.05, 4.69) is 6.58 Å². The van der Waals surface area contributed by atoms with Crippen LogP contribution in [0.15, 0.2) is 12.2 Å². The van der Waals surface area contributed by atoms with E-state index in [1.807, 2.05) is 12.1 Å². The molecule has 0 unspecified atom stereocenters. The Morgan fingerprint density at radius 3 is 1.57 bits per heavy atom. The van der Waals surface area contributed by atoms with Gasteiger partial charge in [0.2, 0.25) is 0 Å². The van der Waals surface area contributed by atoms with Gasteiger partial charge in [-0.2, -0.15) is 10.5 Å². The summed E-state index contributed by atoms with van der Waals surface area (Å²) in [6.45, 7) is 3.48. The van der Waals surface area contributed by atoms with E-state index in [1.54, 1.807) is 0 Å². The van der Waals surface area contributed by atoms with Gasteiger partial charge in [0.15, 0.2) is 0 Å². The molecular weight excluding hydrogens is 180 g/mol. The first-order valence-electron chi connectivity index (χ1n) is 4.35. The summed E-state index contributed by atoms with van der Waals surface area (Å²) in [6.07, 6.45) is 2.50. The Morgan fingerprint density at radius 2 is 1.36 bits per heavy atom. The van der Waals surface area contributed by atoms with Crippen LogP contribution >= 0.6 is 0 Å². The SMILES string of the molecule is C=C(CCC#N)CCC#N.OCCO. The molecule has 0 fully saturated rings. The van der Waals surface area contributed by atoms with Gasteiger partial charge in [0, 0.05) is 12.8 Å². The number of hydrogen-bond donors (Lipinski definition) is 2. The molecule has 0 aliphatic carbocycles. The van der Waals surface area contributed by atoms with Crippen molar-refractivity contribution in [2.75, 3.05) is 13.2 Å². The molecule has 78 valence electrons. The summed E-state index contributed by atoms with van der Waals surface area (Å²) in [6, 6.07) is 4.06. The summed E-state index contributed by atoms with van der Waals surface area (Å²) in [5.74, 6) is 0. The van der Waals surface area contributed by atoms with E-state index < -0.39 is 0 Å². The van der Waals surface area contributed by atoms with E-state index >= 15 is 0 Å². The van der Waals surface area contributed by atoms with E-state index in [9.17, 15) is 0 Å². The Bertz CT molecular complexity index is 191. The minimum absolute atomic E-state index is 0.125. The topological polar surface area (TPSA) is 88.0 Å². The lowest BCUT2D eigenvalue weighted by Crippen LogP contribution is -1.85. The predicted molar refractivity (Wildman–Crippen MR) is 53.0 cm³/mol. The van der Waals surface area contributed by atoms with Gasteiger partial charge in [0.1, 0.15) is 0 Å². The molecule has 0 aromatic carbocycles. The molecule has 0 rings (SSSR count). The van der Waals surface area contributed by atoms with Gasteiger partial charge in [0.25, 0.3) is 0 Å². The maximum absolute atomic E-state index is 8.18. The summed E-state index contributed by atoms with van der Waals surface area (Å²) in [7, 11) is 0. The molecule has 14 heavy (non-hydrogen) atoms. The van der Waals surface area contributed by atoms with Crippen LogP contribution in [0.1, 0.15) is 25.7 Å². The normalized spacial score (nSPS) is 7.71. The Kier molecular flexibility index (Phi) is 15.3. The second-order valence-electron chi connectivity index (χ2n) is 2.51. The first kappa shape index (κ1) is 15.1. The largest absolute Gasteiger partial charge is 0.394 e. The Morgan fingerprint density at radius 1 is 1.00 bits per heavy atom. The molecule has 4 heteroatoms. The van der Waals surface area contributed by atoms with Crippen LogP contribution < -0.4 is 0 Å². The molecule has 0 amide bonds. The summed E-state index contributed by atoms with van der Waals surface area (Å²) in [5.41, 5.74) is 1.00. The highest BCUT2D eigenvalue weighted by atomic mass is 16.3. The van der Waals surface area contributed by atoms with E-state index in [-0.39, 0.29) is 13.2 Å². The fourth-order valence-electron chi connectivity index (χ4n) is 0.590. The van der Waals surface area contributed by atoms with Crippen LogP contribution in [-0.4, -0.2) is 23.4 Å². The molecule has 4 nitrogen and oxygen atoms in total. The number of allylic oxidation sites excluding steroid dienone is 1. The molecule has 0 aromatic heterocycles. The van der Waals surface area contributed by atoms with Crippen molar-refractivity contribution in [3.8, 4) is 12.1 Å². The zero-order valence-electron chi connectivity index (χ0n) is 8.24. The van der Waals surface area contributed by atoms with Crippen molar-refractivity contribution in [1.29, 1.82) is 10.5 Å². The van der Waals surface area contributed by atoms with Crippen LogP contribution in [0.5, 0.6) is 0 Å². The Hall–Kier alpha value is -1.36. The zero-order chi connectivity index (χ0) is 11.2. The Labute approximate surface area is 84.7 Å². The highest BCUT2D eigenvalue weighted by molar-refractivity contribution is 4.98. The van der Waals surface area contributed by atoms with Crippen LogP contribution in [0, 0.1) is 22.7 Å². The van der Waals surface area contributed by atoms with Gasteiger partial charge < -0.3 is 10.2 Å². The molecule has 0 aliphatic rings. The van der Waals surface area contributed by atoms with E-state index in [1.165, 1.54) is 0 Å². The molecule has 0 bridgehead atoms. The van der Waals surface area contributed by atoms with Gasteiger partial charge in [0.05, 0.1) is 25.4 Å². The predicted octanol–water partition coefficient (Wildman–Crippen LogP) is 1.12. The maximum atomic E-state index is 8.18. The van der Waals surface area contributed by atoms with Crippen molar-refractivity contribution in [3.63, 3.8) is 0 Å². The third-order valence-electron chi connectivity index (χ3n) is 1.28. The van der Waals surface area contributed by atoms with Gasteiger partial charge in [-0.3, -0.25) is 0 Å². The zero-order valence-corrected chi connectivity index (χ0v) is 8.24. The average Bonchev–Trinajstić information content (AvgIpc) is 2.23. The number of rotatable bonds is 5. The van der Waals surface area contributed by atoms with Crippen molar-refractivity contribution in [2.24, 2.45) is 0 Å². The lowest BCUT2D eigenvalue weighted by Gasteiger charge is -1.95. The lowest BCUT2D eigenvalue weighted by molar-refractivity contribution is 0.186. The fourth-order valence-corrected chi connectivity index (χ4v) is 0.590. The van der Waals surface area contributed by atoms with Crippen LogP contribution in [0.3, 0.4) is 0 Å². The van der Waals surface area contributed by atoms with Crippen molar-refractivity contribution in [1.82, 2.24) is 0 Å². The van der Waals surface area contributed by atoms with Crippen molar-refractivity contribution in [3.05, 3.63) is 12.2 Å². The van der Waals surface area contributed by atoms with Crippen LogP contribution in [0.25, 0.3) is 0 Å². The molecule has 0 aromatic rings. The van der Waals surface area contributed by atoms with Crippen molar-refractivity contribution in [2.45, 2.75) is 25.7 Å². The third-order valence-corrected chi connectivity index (χ3v) is 1.28. The standard InChI is InChI=1S/C8H10N2.C2H6O2/c1-8(4-2-6-9)5-3-7-10;3-1-2-4/h1-5H2;3-4H,1-2H2. The summed E-state index contributed by atoms with van der Waals surface area (Å²) >= 11 is 0. The quantitative estimate of drug-likeness (QED) is 0.645. The monoisotopic (exact) mass is 196 g/mol. The molecule has 0 radical (unpaired) electrons. The average molecular weight is 196 g/mol. The molecular formula is C10H16N2O2. The second-order valence-corrected chi connectivity index (χ2v) is 2.51. The van der Waals surface area contributed by atoms with Gasteiger partial charge in [-0.05, 0) is 12.8 Å². The number of nitrogens with zero attached hydrogens (tertiary/aromatic N) is 2. The fraction of sp³-hybridized carbons (Fsp3) is 0.600. The highest BCUT2D eigenvalue weighted by Crippen LogP contribution is 2.07. The molecule has 0 heterocycles. The van der Waals surface area contributed by atoms with Crippen LogP contribution in [0.4, 0.5) is 0 Å². The van der Waals surface area contributed by atoms with E-state index in [0.717, 1.165) is 18.4 Å². The minimum Gasteiger partial charge on any atom is -0.394 e. The molecule has 0 saturated heterocycles. The van der Waals surface area contributed by atoms with E-state index in [4.69, 9.17) is 20.7 Å². The first-order valence-corrected chi connectivity index (χ1v) is 4.35. The van der Waals surface area contributed by atoms with Crippen LogP contribution in [0.2, 0.25) is 0 Å². The smallest absolute Gasteiger partial charge is 0.0662 e. The van der Waals surface area contributed by atoms with Gasteiger partial charge >= 0.3 is 0 Å². The third kappa shape index (κ3) is 16.9. The molecule has 2 N–H and O–H groups in total. The highest BCUT2D eigenvalue weighted by Gasteiger charge is 1.92. The minimum atomic E-state index is -0.125. The summed E-state index contributed by atoms with van der Waals surface area (Å²) in [5, 5.41) is 31.6. The summed E-state index contributed by atoms with van der Waals surface area (Å²) in [4.78, 5) is 0. The number of nitriles is 2. The van der Waals surface area contributed by atoms with Crippen molar-refractivity contribution < 1.29 is 10.2 Å². The molecule has 0 aliphatic heterocycles. The van der Waals surface area contributed by atoms with Gasteiger partial charge in [-0.1, -0.05) is 12.2 Å². The Balaban J connectivity index is 0. The number of hydrogen-bond acceptors (Lipinski definition) is 4. The van der Waals surface area contributed by atoms with E-state index in [0.29, 0.717) is 12.8 Å². The first-order chi connectivity index (χ1) is 6.72. The van der Waals surface area contributed by atoms with Gasteiger partial charge in [-0.25, -0.2) is 0 Å². The molecule has 0 spiro atoms.